The summed E-state index contributed by atoms with van der Waals surface area (Å²) in [5.41, 5.74) is 0.270. The average Bonchev–Trinajstić information content (AvgIpc) is 2.95. The first-order chi connectivity index (χ1) is 11.1. The van der Waals surface area contributed by atoms with E-state index in [-0.39, 0.29) is 12.1 Å². The van der Waals surface area contributed by atoms with Gasteiger partial charge in [-0.3, -0.25) is 0 Å². The molecule has 1 aromatic carbocycles. The lowest BCUT2D eigenvalue weighted by atomic mass is 10.1. The third-order valence-corrected chi connectivity index (χ3v) is 4.01. The van der Waals surface area contributed by atoms with E-state index in [1.165, 1.54) is 6.07 Å². The topological polar surface area (TPSA) is 69.5 Å². The van der Waals surface area contributed by atoms with Gasteiger partial charge in [0.05, 0.1) is 12.6 Å². The zero-order chi connectivity index (χ0) is 16.7. The van der Waals surface area contributed by atoms with Crippen molar-refractivity contribution in [3.8, 4) is 0 Å². The molecule has 0 aliphatic rings. The van der Waals surface area contributed by atoms with E-state index in [1.807, 2.05) is 20.0 Å². The van der Waals surface area contributed by atoms with Crippen LogP contribution in [0.15, 0.2) is 35.5 Å². The lowest BCUT2D eigenvalue weighted by Crippen LogP contribution is -2.39. The summed E-state index contributed by atoms with van der Waals surface area (Å²) in [6.45, 7) is 5.28. The molecule has 3 N–H and O–H groups in total. The first-order valence-corrected chi connectivity index (χ1v) is 8.27. The van der Waals surface area contributed by atoms with Crippen LogP contribution in [-0.4, -0.2) is 29.1 Å². The second-order valence-corrected chi connectivity index (χ2v) is 6.30. The molecule has 0 radical (unpaired) electrons. The highest BCUT2D eigenvalue weighted by molar-refractivity contribution is 7.11. The summed E-state index contributed by atoms with van der Waals surface area (Å²) in [6.07, 6.45) is 0.875. The van der Waals surface area contributed by atoms with Crippen molar-refractivity contribution < 1.29 is 9.50 Å². The molecule has 2 aromatic rings. The van der Waals surface area contributed by atoms with Gasteiger partial charge in [0.25, 0.3) is 0 Å². The van der Waals surface area contributed by atoms with Crippen molar-refractivity contribution in [2.24, 2.45) is 4.99 Å². The maximum Gasteiger partial charge on any atom is 0.191 e. The number of nitrogens with zero attached hydrogens (tertiary/aromatic N) is 2. The molecule has 5 nitrogen and oxygen atoms in total. The quantitative estimate of drug-likeness (QED) is 0.560. The summed E-state index contributed by atoms with van der Waals surface area (Å²) in [4.78, 5) is 9.82. The van der Waals surface area contributed by atoms with Crippen LogP contribution in [0, 0.1) is 12.7 Å². The van der Waals surface area contributed by atoms with Crippen molar-refractivity contribution in [3.63, 3.8) is 0 Å². The van der Waals surface area contributed by atoms with Crippen molar-refractivity contribution in [2.75, 3.05) is 13.1 Å². The van der Waals surface area contributed by atoms with Gasteiger partial charge in [-0.05, 0) is 19.9 Å². The Morgan fingerprint density at radius 1 is 1.39 bits per heavy atom. The third kappa shape index (κ3) is 5.30. The van der Waals surface area contributed by atoms with Gasteiger partial charge < -0.3 is 15.7 Å². The number of halogens is 1. The molecule has 1 unspecified atom stereocenters. The molecular weight excluding hydrogens is 315 g/mol. The molecule has 1 atom stereocenters. The highest BCUT2D eigenvalue weighted by Crippen LogP contribution is 2.15. The predicted molar refractivity (Wildman–Crippen MR) is 91.0 cm³/mol. The number of aliphatic imine (C=N–C) groups is 1. The Hall–Kier alpha value is -1.99. The van der Waals surface area contributed by atoms with E-state index in [1.54, 1.807) is 29.5 Å². The molecule has 124 valence electrons. The summed E-state index contributed by atoms with van der Waals surface area (Å²) in [7, 11) is 0. The number of hydrogen-bond acceptors (Lipinski definition) is 4. The fraction of sp³-hybridized carbons (Fsp3) is 0.375. The molecule has 23 heavy (non-hydrogen) atoms. The first kappa shape index (κ1) is 17.4. The second kappa shape index (κ2) is 8.59. The fourth-order valence-electron chi connectivity index (χ4n) is 2.01. The largest absolute Gasteiger partial charge is 0.386 e. The van der Waals surface area contributed by atoms with Crippen molar-refractivity contribution in [1.82, 2.24) is 15.6 Å². The van der Waals surface area contributed by atoms with E-state index in [2.05, 4.69) is 20.6 Å². The van der Waals surface area contributed by atoms with E-state index in [9.17, 15) is 9.50 Å². The van der Waals surface area contributed by atoms with Crippen molar-refractivity contribution in [3.05, 3.63) is 51.7 Å². The summed E-state index contributed by atoms with van der Waals surface area (Å²) in [6, 6.07) is 6.21. The number of nitrogens with one attached hydrogen (secondary N) is 2. The summed E-state index contributed by atoms with van der Waals surface area (Å²) < 4.78 is 13.6. The van der Waals surface area contributed by atoms with E-state index in [0.29, 0.717) is 19.0 Å². The highest BCUT2D eigenvalue weighted by atomic mass is 32.1. The first-order valence-electron chi connectivity index (χ1n) is 7.46. The normalized spacial score (nSPS) is 13.0. The smallest absolute Gasteiger partial charge is 0.191 e. The zero-order valence-electron chi connectivity index (χ0n) is 13.2. The van der Waals surface area contributed by atoms with E-state index >= 15 is 0 Å². The van der Waals surface area contributed by atoms with Crippen molar-refractivity contribution in [2.45, 2.75) is 26.5 Å². The number of guanidine groups is 1. The van der Waals surface area contributed by atoms with E-state index < -0.39 is 11.9 Å². The number of thiazole rings is 1. The Bertz CT molecular complexity index is 659. The summed E-state index contributed by atoms with van der Waals surface area (Å²) in [5.74, 6) is 0.151. The minimum absolute atomic E-state index is 0.170. The van der Waals surface area contributed by atoms with Gasteiger partial charge in [0.15, 0.2) is 5.96 Å². The number of aromatic nitrogens is 1. The molecule has 2 rings (SSSR count). The Balaban J connectivity index is 1.95. The van der Waals surface area contributed by atoms with Crippen LogP contribution in [0.1, 0.15) is 28.5 Å². The van der Waals surface area contributed by atoms with Gasteiger partial charge in [-0.1, -0.05) is 18.2 Å². The lowest BCUT2D eigenvalue weighted by molar-refractivity contribution is 0.176. The Kier molecular flexibility index (Phi) is 6.49. The van der Waals surface area contributed by atoms with Gasteiger partial charge in [-0.25, -0.2) is 14.4 Å². The molecule has 0 saturated carbocycles. The lowest BCUT2D eigenvalue weighted by Gasteiger charge is -2.15. The van der Waals surface area contributed by atoms with E-state index in [4.69, 9.17) is 0 Å². The third-order valence-electron chi connectivity index (χ3n) is 3.11. The van der Waals surface area contributed by atoms with Crippen LogP contribution < -0.4 is 10.6 Å². The van der Waals surface area contributed by atoms with Gasteiger partial charge in [0.2, 0.25) is 0 Å². The number of aliphatic hydroxyl groups is 1. The molecule has 0 spiro atoms. The molecule has 0 fully saturated rings. The number of benzene rings is 1. The van der Waals surface area contributed by atoms with Gasteiger partial charge in [-0.2, -0.15) is 0 Å². The summed E-state index contributed by atoms with van der Waals surface area (Å²) >= 11 is 1.60. The number of hydrogen-bond donors (Lipinski definition) is 3. The second-order valence-electron chi connectivity index (χ2n) is 4.98. The van der Waals surface area contributed by atoms with Crippen molar-refractivity contribution in [1.29, 1.82) is 0 Å². The Labute approximate surface area is 139 Å². The fourth-order valence-corrected chi connectivity index (χ4v) is 2.72. The van der Waals surface area contributed by atoms with E-state index in [0.717, 1.165) is 9.88 Å². The Morgan fingerprint density at radius 3 is 2.83 bits per heavy atom. The van der Waals surface area contributed by atoms with Gasteiger partial charge in [0.1, 0.15) is 10.8 Å². The number of rotatable bonds is 6. The highest BCUT2D eigenvalue weighted by Gasteiger charge is 2.12. The molecular formula is C16H21FN4OS. The molecule has 1 aromatic heterocycles. The maximum absolute atomic E-state index is 13.6. The van der Waals surface area contributed by atoms with Crippen LogP contribution in [0.5, 0.6) is 0 Å². The maximum atomic E-state index is 13.6. The predicted octanol–water partition coefficient (Wildman–Crippen LogP) is 2.38. The van der Waals surface area contributed by atoms with Gasteiger partial charge in [0, 0.05) is 29.7 Å². The van der Waals surface area contributed by atoms with Crippen molar-refractivity contribution >= 4 is 17.3 Å². The van der Waals surface area contributed by atoms with Crippen LogP contribution in [0.4, 0.5) is 4.39 Å². The average molecular weight is 336 g/mol. The van der Waals surface area contributed by atoms with Crippen LogP contribution in [0.2, 0.25) is 0 Å². The molecule has 0 saturated heterocycles. The molecule has 0 aliphatic carbocycles. The Morgan fingerprint density at radius 2 is 2.17 bits per heavy atom. The molecule has 7 heteroatoms. The minimum Gasteiger partial charge on any atom is -0.386 e. The SMILES string of the molecule is CCNC(=NCc1ncc(C)s1)NCC(O)c1ccccc1F. The van der Waals surface area contributed by atoms with Crippen LogP contribution in [-0.2, 0) is 6.54 Å². The van der Waals surface area contributed by atoms with Gasteiger partial charge in [-0.15, -0.1) is 11.3 Å². The molecule has 1 heterocycles. The van der Waals surface area contributed by atoms with Gasteiger partial charge >= 0.3 is 0 Å². The monoisotopic (exact) mass is 336 g/mol. The molecule has 0 aliphatic heterocycles. The van der Waals surface area contributed by atoms with Crippen LogP contribution in [0.25, 0.3) is 0 Å². The number of aliphatic hydroxyl groups excluding tert-OH is 1. The summed E-state index contributed by atoms with van der Waals surface area (Å²) in [5, 5.41) is 17.2. The van der Waals surface area contributed by atoms with Crippen LogP contribution >= 0.6 is 11.3 Å². The zero-order valence-corrected chi connectivity index (χ0v) is 14.0. The molecule has 0 bridgehead atoms. The van der Waals surface area contributed by atoms with Crippen LogP contribution in [0.3, 0.4) is 0 Å². The standard InChI is InChI=1S/C16H21FN4OS/c1-3-18-16(21-10-15-19-8-11(2)23-15)20-9-14(22)12-6-4-5-7-13(12)17/h4-8,14,22H,3,9-10H2,1-2H3,(H2,18,20,21). The minimum atomic E-state index is -0.942. The molecule has 0 amide bonds. The number of aryl methyl sites for hydroxylation is 1.